The van der Waals surface area contributed by atoms with E-state index in [1.807, 2.05) is 0 Å². The molecule has 1 aromatic rings. The number of rotatable bonds is 2. The summed E-state index contributed by atoms with van der Waals surface area (Å²) >= 11 is 0. The SMILES string of the molecule is CC(C)(F)c1coc(S(N)(=O)=O)c1. The summed E-state index contributed by atoms with van der Waals surface area (Å²) in [5.74, 6) is 0. The molecule has 6 heteroatoms. The fraction of sp³-hybridized carbons (Fsp3) is 0.429. The number of primary sulfonamides is 1. The van der Waals surface area contributed by atoms with Crippen LogP contribution in [0, 0.1) is 0 Å². The Hall–Kier alpha value is -0.880. The van der Waals surface area contributed by atoms with E-state index in [1.54, 1.807) is 0 Å². The van der Waals surface area contributed by atoms with Crippen molar-refractivity contribution in [1.82, 2.24) is 0 Å². The minimum atomic E-state index is -3.88. The van der Waals surface area contributed by atoms with E-state index < -0.39 is 20.8 Å². The summed E-state index contributed by atoms with van der Waals surface area (Å²) in [5, 5.41) is 4.35. The zero-order chi connectivity index (χ0) is 10.3. The molecule has 0 radical (unpaired) electrons. The van der Waals surface area contributed by atoms with Gasteiger partial charge in [-0.05, 0) is 13.8 Å². The fourth-order valence-electron chi connectivity index (χ4n) is 0.778. The summed E-state index contributed by atoms with van der Waals surface area (Å²) in [6, 6.07) is 1.08. The lowest BCUT2D eigenvalue weighted by Gasteiger charge is -2.09. The van der Waals surface area contributed by atoms with E-state index in [2.05, 4.69) is 4.42 Å². The summed E-state index contributed by atoms with van der Waals surface area (Å²) in [5.41, 5.74) is -1.48. The van der Waals surface area contributed by atoms with Gasteiger partial charge in [-0.1, -0.05) is 0 Å². The van der Waals surface area contributed by atoms with E-state index in [4.69, 9.17) is 5.14 Å². The lowest BCUT2D eigenvalue weighted by atomic mass is 10.1. The Morgan fingerprint density at radius 3 is 2.31 bits per heavy atom. The normalized spacial score (nSPS) is 13.2. The molecule has 4 nitrogen and oxygen atoms in total. The van der Waals surface area contributed by atoms with Crippen LogP contribution in [0.2, 0.25) is 0 Å². The van der Waals surface area contributed by atoms with Crippen molar-refractivity contribution in [3.63, 3.8) is 0 Å². The van der Waals surface area contributed by atoms with Crippen LogP contribution in [0.25, 0.3) is 0 Å². The molecule has 0 aromatic carbocycles. The van der Waals surface area contributed by atoms with Gasteiger partial charge in [-0.2, -0.15) is 0 Å². The highest BCUT2D eigenvalue weighted by atomic mass is 32.2. The van der Waals surface area contributed by atoms with Crippen molar-refractivity contribution in [3.05, 3.63) is 17.9 Å². The van der Waals surface area contributed by atoms with Crippen LogP contribution in [0.4, 0.5) is 4.39 Å². The van der Waals surface area contributed by atoms with Gasteiger partial charge in [-0.25, -0.2) is 17.9 Å². The van der Waals surface area contributed by atoms with Crippen molar-refractivity contribution in [1.29, 1.82) is 0 Å². The molecule has 0 saturated carbocycles. The second kappa shape index (κ2) is 2.81. The van der Waals surface area contributed by atoms with Crippen LogP contribution < -0.4 is 5.14 Å². The van der Waals surface area contributed by atoms with E-state index in [0.29, 0.717) is 0 Å². The van der Waals surface area contributed by atoms with Gasteiger partial charge in [0.1, 0.15) is 5.67 Å². The van der Waals surface area contributed by atoms with Crippen molar-refractivity contribution in [2.45, 2.75) is 24.6 Å². The van der Waals surface area contributed by atoms with E-state index >= 15 is 0 Å². The standard InChI is InChI=1S/C7H10FNO3S/c1-7(2,8)5-3-6(12-4-5)13(9,10)11/h3-4H,1-2H3,(H2,9,10,11). The third-order valence-electron chi connectivity index (χ3n) is 1.54. The largest absolute Gasteiger partial charge is 0.451 e. The van der Waals surface area contributed by atoms with Crippen LogP contribution in [-0.4, -0.2) is 8.42 Å². The number of alkyl halides is 1. The molecule has 0 atom stereocenters. The molecule has 1 aromatic heterocycles. The molecule has 0 aliphatic rings. The first-order chi connectivity index (χ1) is 5.71. The van der Waals surface area contributed by atoms with E-state index in [9.17, 15) is 12.8 Å². The lowest BCUT2D eigenvalue weighted by molar-refractivity contribution is 0.220. The topological polar surface area (TPSA) is 73.3 Å². The van der Waals surface area contributed by atoms with Crippen molar-refractivity contribution in [2.24, 2.45) is 5.14 Å². The van der Waals surface area contributed by atoms with Crippen LogP contribution in [0.3, 0.4) is 0 Å². The Kier molecular flexibility index (Phi) is 2.21. The second-order valence-corrected chi connectivity index (χ2v) is 4.66. The minimum Gasteiger partial charge on any atom is -0.451 e. The predicted molar refractivity (Wildman–Crippen MR) is 44.2 cm³/mol. The van der Waals surface area contributed by atoms with Crippen LogP contribution >= 0.6 is 0 Å². The Bertz CT molecular complexity index is 402. The van der Waals surface area contributed by atoms with Crippen LogP contribution in [0.15, 0.2) is 21.8 Å². The highest BCUT2D eigenvalue weighted by molar-refractivity contribution is 7.89. The van der Waals surface area contributed by atoms with Gasteiger partial charge in [0.2, 0.25) is 5.09 Å². The van der Waals surface area contributed by atoms with E-state index in [0.717, 1.165) is 12.3 Å². The Labute approximate surface area is 75.6 Å². The van der Waals surface area contributed by atoms with Crippen molar-refractivity contribution >= 4 is 10.0 Å². The van der Waals surface area contributed by atoms with E-state index in [-0.39, 0.29) is 5.56 Å². The van der Waals surface area contributed by atoms with Crippen molar-refractivity contribution in [3.8, 4) is 0 Å². The summed E-state index contributed by atoms with van der Waals surface area (Å²) < 4.78 is 39.3. The predicted octanol–water partition coefficient (Wildman–Crippen LogP) is 1.13. The molecule has 74 valence electrons. The smallest absolute Gasteiger partial charge is 0.271 e. The van der Waals surface area contributed by atoms with Crippen LogP contribution in [0.5, 0.6) is 0 Å². The quantitative estimate of drug-likeness (QED) is 0.790. The van der Waals surface area contributed by atoms with Gasteiger partial charge in [0.05, 0.1) is 6.26 Å². The number of sulfonamides is 1. The first-order valence-electron chi connectivity index (χ1n) is 3.52. The molecule has 0 unspecified atom stereocenters. The first kappa shape index (κ1) is 10.2. The summed E-state index contributed by atoms with van der Waals surface area (Å²) in [4.78, 5) is 0. The maximum absolute atomic E-state index is 13.2. The number of hydrogen-bond donors (Lipinski definition) is 1. The van der Waals surface area contributed by atoms with Gasteiger partial charge >= 0.3 is 0 Å². The molecule has 0 amide bonds. The maximum Gasteiger partial charge on any atom is 0.271 e. The molecule has 1 heterocycles. The molecule has 0 saturated heterocycles. The molecule has 0 aliphatic heterocycles. The van der Waals surface area contributed by atoms with Gasteiger partial charge in [0.25, 0.3) is 10.0 Å². The van der Waals surface area contributed by atoms with Crippen molar-refractivity contribution < 1.29 is 17.2 Å². The lowest BCUT2D eigenvalue weighted by Crippen LogP contribution is -2.11. The number of hydrogen-bond acceptors (Lipinski definition) is 3. The first-order valence-corrected chi connectivity index (χ1v) is 5.06. The number of nitrogens with two attached hydrogens (primary N) is 1. The van der Waals surface area contributed by atoms with Gasteiger partial charge in [-0.15, -0.1) is 0 Å². The Balaban J connectivity index is 3.16. The summed E-state index contributed by atoms with van der Waals surface area (Å²) in [6.45, 7) is 2.59. The maximum atomic E-state index is 13.2. The third-order valence-corrected chi connectivity index (χ3v) is 2.32. The summed E-state index contributed by atoms with van der Waals surface area (Å²) in [7, 11) is -3.88. The zero-order valence-electron chi connectivity index (χ0n) is 7.24. The molecular formula is C7H10FNO3S. The molecule has 1 rings (SSSR count). The van der Waals surface area contributed by atoms with Gasteiger partial charge in [-0.3, -0.25) is 0 Å². The zero-order valence-corrected chi connectivity index (χ0v) is 8.06. The fourth-order valence-corrected chi connectivity index (χ4v) is 1.25. The second-order valence-electron chi connectivity index (χ2n) is 3.17. The van der Waals surface area contributed by atoms with E-state index in [1.165, 1.54) is 13.8 Å². The number of halogens is 1. The van der Waals surface area contributed by atoms with Crippen LogP contribution in [0.1, 0.15) is 19.4 Å². The molecule has 0 fully saturated rings. The summed E-state index contributed by atoms with van der Waals surface area (Å²) in [6.07, 6.45) is 1.04. The highest BCUT2D eigenvalue weighted by Crippen LogP contribution is 2.27. The molecule has 0 spiro atoms. The average molecular weight is 207 g/mol. The Morgan fingerprint density at radius 2 is 2.08 bits per heavy atom. The highest BCUT2D eigenvalue weighted by Gasteiger charge is 2.24. The Morgan fingerprint density at radius 1 is 1.54 bits per heavy atom. The van der Waals surface area contributed by atoms with Gasteiger partial charge in [0, 0.05) is 11.6 Å². The number of furan rings is 1. The van der Waals surface area contributed by atoms with Gasteiger partial charge < -0.3 is 4.42 Å². The molecule has 0 aliphatic carbocycles. The molecule has 0 bridgehead atoms. The molecular weight excluding hydrogens is 197 g/mol. The molecule has 2 N–H and O–H groups in total. The molecule has 13 heavy (non-hydrogen) atoms. The van der Waals surface area contributed by atoms with Crippen LogP contribution in [-0.2, 0) is 15.7 Å². The van der Waals surface area contributed by atoms with Crippen molar-refractivity contribution in [2.75, 3.05) is 0 Å². The minimum absolute atomic E-state index is 0.150. The monoisotopic (exact) mass is 207 g/mol. The third kappa shape index (κ3) is 2.28. The average Bonchev–Trinajstić information content (AvgIpc) is 2.28. The van der Waals surface area contributed by atoms with Gasteiger partial charge in [0.15, 0.2) is 0 Å².